The number of hydrogen-bond donors (Lipinski definition) is 0. The molecular formula is C14H20BrCl. The van der Waals surface area contributed by atoms with Crippen molar-refractivity contribution in [3.8, 4) is 0 Å². The van der Waals surface area contributed by atoms with Crippen molar-refractivity contribution in [3.05, 3.63) is 34.9 Å². The van der Waals surface area contributed by atoms with Gasteiger partial charge in [0.25, 0.3) is 0 Å². The highest BCUT2D eigenvalue weighted by molar-refractivity contribution is 9.09. The molecule has 0 fully saturated rings. The van der Waals surface area contributed by atoms with Crippen LogP contribution in [0.1, 0.15) is 50.5 Å². The molecule has 1 atom stereocenters. The van der Waals surface area contributed by atoms with Gasteiger partial charge in [0.05, 0.1) is 0 Å². The number of rotatable bonds is 7. The average molecular weight is 304 g/mol. The van der Waals surface area contributed by atoms with E-state index < -0.39 is 0 Å². The summed E-state index contributed by atoms with van der Waals surface area (Å²) in [5.74, 6) is 0.561. The van der Waals surface area contributed by atoms with E-state index in [0.29, 0.717) is 5.92 Å². The Bertz CT molecular complexity index is 299. The molecule has 0 aliphatic carbocycles. The third-order valence-corrected chi connectivity index (χ3v) is 4.06. The summed E-state index contributed by atoms with van der Waals surface area (Å²) in [5, 5.41) is 1.91. The van der Waals surface area contributed by atoms with Crippen molar-refractivity contribution in [2.75, 3.05) is 5.33 Å². The fourth-order valence-corrected chi connectivity index (χ4v) is 2.90. The summed E-state index contributed by atoms with van der Waals surface area (Å²) in [6.07, 6.45) is 6.51. The maximum Gasteiger partial charge on any atom is 0.0441 e. The van der Waals surface area contributed by atoms with Gasteiger partial charge < -0.3 is 0 Å². The number of benzene rings is 1. The highest BCUT2D eigenvalue weighted by Gasteiger charge is 2.12. The van der Waals surface area contributed by atoms with Crippen LogP contribution in [0.2, 0.25) is 5.02 Å². The molecule has 0 N–H and O–H groups in total. The van der Waals surface area contributed by atoms with Gasteiger partial charge in [0.15, 0.2) is 0 Å². The Labute approximate surface area is 113 Å². The fourth-order valence-electron chi connectivity index (χ4n) is 1.94. The van der Waals surface area contributed by atoms with Crippen LogP contribution in [-0.2, 0) is 0 Å². The molecule has 0 spiro atoms. The zero-order valence-corrected chi connectivity index (χ0v) is 12.2. The Morgan fingerprint density at radius 1 is 1.19 bits per heavy atom. The van der Waals surface area contributed by atoms with Crippen molar-refractivity contribution in [3.63, 3.8) is 0 Å². The minimum Gasteiger partial charge on any atom is -0.0921 e. The van der Waals surface area contributed by atoms with Gasteiger partial charge in [-0.15, -0.1) is 0 Å². The molecule has 1 aromatic carbocycles. The first-order valence-electron chi connectivity index (χ1n) is 6.10. The lowest BCUT2D eigenvalue weighted by Crippen LogP contribution is -2.01. The molecule has 1 aromatic rings. The molecule has 0 amide bonds. The topological polar surface area (TPSA) is 0 Å². The number of unbranched alkanes of at least 4 members (excludes halogenated alkanes) is 3. The van der Waals surface area contributed by atoms with Crippen molar-refractivity contribution in [2.24, 2.45) is 0 Å². The van der Waals surface area contributed by atoms with E-state index in [1.807, 2.05) is 12.1 Å². The predicted molar refractivity (Wildman–Crippen MR) is 76.7 cm³/mol. The second-order valence-electron chi connectivity index (χ2n) is 4.22. The molecule has 0 bridgehead atoms. The summed E-state index contributed by atoms with van der Waals surface area (Å²) < 4.78 is 0. The molecule has 0 radical (unpaired) electrons. The first-order chi connectivity index (χ1) is 7.79. The molecule has 16 heavy (non-hydrogen) atoms. The van der Waals surface area contributed by atoms with E-state index in [9.17, 15) is 0 Å². The molecule has 0 heterocycles. The second kappa shape index (κ2) is 8.14. The van der Waals surface area contributed by atoms with Crippen LogP contribution in [0, 0.1) is 0 Å². The standard InChI is InChI=1S/C14H20BrCl/c1-2-3-4-5-8-12(11-15)13-9-6-7-10-14(13)16/h6-7,9-10,12H,2-5,8,11H2,1H3. The highest BCUT2D eigenvalue weighted by Crippen LogP contribution is 2.30. The van der Waals surface area contributed by atoms with Gasteiger partial charge >= 0.3 is 0 Å². The fraction of sp³-hybridized carbons (Fsp3) is 0.571. The molecule has 0 aliphatic heterocycles. The van der Waals surface area contributed by atoms with Crippen LogP contribution in [0.5, 0.6) is 0 Å². The molecular weight excluding hydrogens is 284 g/mol. The zero-order valence-electron chi connectivity index (χ0n) is 9.89. The molecule has 1 unspecified atom stereocenters. The van der Waals surface area contributed by atoms with E-state index in [1.165, 1.54) is 37.7 Å². The van der Waals surface area contributed by atoms with Crippen LogP contribution < -0.4 is 0 Å². The van der Waals surface area contributed by atoms with Crippen molar-refractivity contribution < 1.29 is 0 Å². The Morgan fingerprint density at radius 3 is 2.56 bits per heavy atom. The van der Waals surface area contributed by atoms with Crippen molar-refractivity contribution >= 4 is 27.5 Å². The number of halogens is 2. The summed E-state index contributed by atoms with van der Waals surface area (Å²) in [7, 11) is 0. The SMILES string of the molecule is CCCCCCC(CBr)c1ccccc1Cl. The van der Waals surface area contributed by atoms with E-state index in [-0.39, 0.29) is 0 Å². The van der Waals surface area contributed by atoms with Gasteiger partial charge in [-0.1, -0.05) is 78.3 Å². The monoisotopic (exact) mass is 302 g/mol. The van der Waals surface area contributed by atoms with E-state index >= 15 is 0 Å². The Morgan fingerprint density at radius 2 is 1.94 bits per heavy atom. The van der Waals surface area contributed by atoms with Crippen LogP contribution in [0.4, 0.5) is 0 Å². The van der Waals surface area contributed by atoms with Crippen LogP contribution in [0.3, 0.4) is 0 Å². The number of alkyl halides is 1. The largest absolute Gasteiger partial charge is 0.0921 e. The maximum absolute atomic E-state index is 6.22. The van der Waals surface area contributed by atoms with Gasteiger partial charge in [-0.05, 0) is 24.0 Å². The van der Waals surface area contributed by atoms with E-state index in [2.05, 4.69) is 35.0 Å². The third-order valence-electron chi connectivity index (χ3n) is 2.94. The smallest absolute Gasteiger partial charge is 0.0441 e. The third kappa shape index (κ3) is 4.47. The lowest BCUT2D eigenvalue weighted by molar-refractivity contribution is 0.586. The van der Waals surface area contributed by atoms with E-state index in [0.717, 1.165) is 10.4 Å². The quantitative estimate of drug-likeness (QED) is 0.442. The van der Waals surface area contributed by atoms with Crippen molar-refractivity contribution in [1.29, 1.82) is 0 Å². The van der Waals surface area contributed by atoms with E-state index in [1.54, 1.807) is 0 Å². The highest BCUT2D eigenvalue weighted by atomic mass is 79.9. The summed E-state index contributed by atoms with van der Waals surface area (Å²) in [6.45, 7) is 2.25. The normalized spacial score (nSPS) is 12.7. The maximum atomic E-state index is 6.22. The van der Waals surface area contributed by atoms with Gasteiger partial charge in [-0.3, -0.25) is 0 Å². The average Bonchev–Trinajstić information content (AvgIpc) is 2.31. The predicted octanol–water partition coefficient (Wildman–Crippen LogP) is 5.79. The van der Waals surface area contributed by atoms with Crippen LogP contribution in [-0.4, -0.2) is 5.33 Å². The molecule has 0 saturated heterocycles. The first kappa shape index (κ1) is 14.1. The second-order valence-corrected chi connectivity index (χ2v) is 5.28. The molecule has 1 rings (SSSR count). The van der Waals surface area contributed by atoms with Gasteiger partial charge in [0.2, 0.25) is 0 Å². The Kier molecular flexibility index (Phi) is 7.15. The lowest BCUT2D eigenvalue weighted by Gasteiger charge is -2.15. The first-order valence-corrected chi connectivity index (χ1v) is 7.60. The minimum absolute atomic E-state index is 0.561. The van der Waals surface area contributed by atoms with Gasteiger partial charge in [0, 0.05) is 10.4 Å². The van der Waals surface area contributed by atoms with Crippen LogP contribution >= 0.6 is 27.5 Å². The zero-order chi connectivity index (χ0) is 11.8. The van der Waals surface area contributed by atoms with Crippen molar-refractivity contribution in [2.45, 2.75) is 44.9 Å². The van der Waals surface area contributed by atoms with Gasteiger partial charge in [0.1, 0.15) is 0 Å². The molecule has 0 aromatic heterocycles. The van der Waals surface area contributed by atoms with E-state index in [4.69, 9.17) is 11.6 Å². The molecule has 0 nitrogen and oxygen atoms in total. The minimum atomic E-state index is 0.561. The van der Waals surface area contributed by atoms with Crippen LogP contribution in [0.25, 0.3) is 0 Å². The van der Waals surface area contributed by atoms with Gasteiger partial charge in [-0.25, -0.2) is 0 Å². The van der Waals surface area contributed by atoms with Crippen LogP contribution in [0.15, 0.2) is 24.3 Å². The lowest BCUT2D eigenvalue weighted by atomic mass is 9.95. The summed E-state index contributed by atoms with van der Waals surface area (Å²) in [5.41, 5.74) is 1.29. The molecule has 2 heteroatoms. The summed E-state index contributed by atoms with van der Waals surface area (Å²) in [6, 6.07) is 8.20. The van der Waals surface area contributed by atoms with Gasteiger partial charge in [-0.2, -0.15) is 0 Å². The molecule has 0 aliphatic rings. The Hall–Kier alpha value is -0.0100. The molecule has 90 valence electrons. The summed E-state index contributed by atoms with van der Waals surface area (Å²) in [4.78, 5) is 0. The Balaban J connectivity index is 2.51. The summed E-state index contributed by atoms with van der Waals surface area (Å²) >= 11 is 9.81. The number of hydrogen-bond acceptors (Lipinski definition) is 0. The molecule has 0 saturated carbocycles. The van der Waals surface area contributed by atoms with Crippen molar-refractivity contribution in [1.82, 2.24) is 0 Å².